The highest BCUT2D eigenvalue weighted by Crippen LogP contribution is 2.23. The van der Waals surface area contributed by atoms with Gasteiger partial charge < -0.3 is 15.0 Å². The van der Waals surface area contributed by atoms with Crippen LogP contribution in [0, 0.1) is 0 Å². The number of H-pyrrole nitrogens is 1. The van der Waals surface area contributed by atoms with E-state index in [1.54, 1.807) is 0 Å². The van der Waals surface area contributed by atoms with E-state index in [1.807, 2.05) is 11.1 Å². The summed E-state index contributed by atoms with van der Waals surface area (Å²) in [5, 5.41) is 10.8. The Labute approximate surface area is 150 Å². The molecule has 7 heteroatoms. The molecule has 0 bridgehead atoms. The number of amides is 1. The lowest BCUT2D eigenvalue weighted by molar-refractivity contribution is -0.128. The van der Waals surface area contributed by atoms with Gasteiger partial charge in [0.05, 0.1) is 19.4 Å². The Hall–Kier alpha value is -1.44. The van der Waals surface area contributed by atoms with Gasteiger partial charge in [0.25, 0.3) is 0 Å². The first-order valence-electron chi connectivity index (χ1n) is 9.27. The maximum Gasteiger partial charge on any atom is 0.224 e. The van der Waals surface area contributed by atoms with Gasteiger partial charge in [0.15, 0.2) is 0 Å². The number of morpholine rings is 1. The fourth-order valence-corrected chi connectivity index (χ4v) is 3.56. The number of aromatic amines is 1. The number of nitrogens with one attached hydrogen (secondary N) is 2. The summed E-state index contributed by atoms with van der Waals surface area (Å²) >= 11 is 0. The molecule has 1 unspecified atom stereocenters. The normalized spacial score (nSPS) is 22.8. The Balaban J connectivity index is 1.45. The molecule has 1 aromatic rings. The van der Waals surface area contributed by atoms with Gasteiger partial charge in [-0.15, -0.1) is 0 Å². The third-order valence-corrected chi connectivity index (χ3v) is 5.05. The van der Waals surface area contributed by atoms with Crippen LogP contribution in [0.15, 0.2) is 6.20 Å². The summed E-state index contributed by atoms with van der Waals surface area (Å²) in [6.45, 7) is 13.4. The monoisotopic (exact) mass is 349 g/mol. The van der Waals surface area contributed by atoms with Gasteiger partial charge in [0.2, 0.25) is 5.91 Å². The van der Waals surface area contributed by atoms with Crippen LogP contribution in [-0.2, 0) is 21.5 Å². The summed E-state index contributed by atoms with van der Waals surface area (Å²) in [6.07, 6.45) is 2.48. The summed E-state index contributed by atoms with van der Waals surface area (Å²) in [5.41, 5.74) is 2.39. The van der Waals surface area contributed by atoms with Crippen molar-refractivity contribution in [3.05, 3.63) is 17.5 Å². The molecule has 2 saturated heterocycles. The molecule has 2 N–H and O–H groups in total. The van der Waals surface area contributed by atoms with Crippen molar-refractivity contribution in [3.8, 4) is 0 Å². The Morgan fingerprint density at radius 2 is 2.08 bits per heavy atom. The topological polar surface area (TPSA) is 73.5 Å². The number of rotatable bonds is 6. The van der Waals surface area contributed by atoms with Crippen molar-refractivity contribution in [3.63, 3.8) is 0 Å². The first-order valence-corrected chi connectivity index (χ1v) is 9.27. The van der Waals surface area contributed by atoms with Gasteiger partial charge in [-0.3, -0.25) is 14.8 Å². The third kappa shape index (κ3) is 4.80. The molecule has 140 valence electrons. The second-order valence-electron chi connectivity index (χ2n) is 8.10. The summed E-state index contributed by atoms with van der Waals surface area (Å²) < 4.78 is 5.37. The highest BCUT2D eigenvalue weighted by Gasteiger charge is 2.30. The van der Waals surface area contributed by atoms with Crippen LogP contribution in [0.1, 0.15) is 38.4 Å². The molecule has 1 amide bonds. The Morgan fingerprint density at radius 1 is 1.32 bits per heavy atom. The number of ether oxygens (including phenoxy) is 1. The SMILES string of the molecule is CC(C)(C)c1[nH]ncc1CNC1CC(=O)N(CCN2CCOCC2)C1. The van der Waals surface area contributed by atoms with E-state index in [4.69, 9.17) is 4.74 Å². The van der Waals surface area contributed by atoms with Crippen molar-refractivity contribution < 1.29 is 9.53 Å². The summed E-state index contributed by atoms with van der Waals surface area (Å²) in [7, 11) is 0. The highest BCUT2D eigenvalue weighted by molar-refractivity contribution is 5.79. The lowest BCUT2D eigenvalue weighted by atomic mass is 9.89. The van der Waals surface area contributed by atoms with E-state index in [1.165, 1.54) is 5.56 Å². The predicted octanol–water partition coefficient (Wildman–Crippen LogP) is 0.730. The molecule has 1 aromatic heterocycles. The van der Waals surface area contributed by atoms with Crippen LogP contribution in [0.4, 0.5) is 0 Å². The van der Waals surface area contributed by atoms with Crippen LogP contribution in [0.5, 0.6) is 0 Å². The third-order valence-electron chi connectivity index (χ3n) is 5.05. The van der Waals surface area contributed by atoms with E-state index in [2.05, 4.69) is 41.2 Å². The number of nitrogens with zero attached hydrogens (tertiary/aromatic N) is 3. The predicted molar refractivity (Wildman–Crippen MR) is 96.4 cm³/mol. The molecular formula is C18H31N5O2. The second-order valence-corrected chi connectivity index (χ2v) is 8.10. The molecule has 0 radical (unpaired) electrons. The molecule has 0 saturated carbocycles. The van der Waals surface area contributed by atoms with Crippen molar-refractivity contribution in [1.29, 1.82) is 0 Å². The molecule has 2 fully saturated rings. The van der Waals surface area contributed by atoms with E-state index < -0.39 is 0 Å². The van der Waals surface area contributed by atoms with Crippen molar-refractivity contribution in [2.45, 2.75) is 45.2 Å². The number of carbonyl (C=O) groups is 1. The first-order chi connectivity index (χ1) is 11.9. The fourth-order valence-electron chi connectivity index (χ4n) is 3.56. The van der Waals surface area contributed by atoms with Crippen LogP contribution in [0.3, 0.4) is 0 Å². The van der Waals surface area contributed by atoms with Gasteiger partial charge >= 0.3 is 0 Å². The Kier molecular flexibility index (Phi) is 5.76. The van der Waals surface area contributed by atoms with E-state index in [0.29, 0.717) is 6.42 Å². The van der Waals surface area contributed by atoms with Crippen molar-refractivity contribution >= 4 is 5.91 Å². The van der Waals surface area contributed by atoms with Crippen molar-refractivity contribution in [2.24, 2.45) is 0 Å². The van der Waals surface area contributed by atoms with E-state index in [-0.39, 0.29) is 17.4 Å². The zero-order valence-electron chi connectivity index (χ0n) is 15.7. The zero-order valence-corrected chi connectivity index (χ0v) is 15.7. The molecule has 3 heterocycles. The van der Waals surface area contributed by atoms with E-state index >= 15 is 0 Å². The van der Waals surface area contributed by atoms with Gasteiger partial charge in [-0.2, -0.15) is 5.10 Å². The van der Waals surface area contributed by atoms with Crippen LogP contribution >= 0.6 is 0 Å². The molecular weight excluding hydrogens is 318 g/mol. The van der Waals surface area contributed by atoms with Crippen LogP contribution in [0.2, 0.25) is 0 Å². The zero-order chi connectivity index (χ0) is 17.9. The van der Waals surface area contributed by atoms with Gasteiger partial charge in [-0.25, -0.2) is 0 Å². The highest BCUT2D eigenvalue weighted by atomic mass is 16.5. The number of hydrogen-bond donors (Lipinski definition) is 2. The molecule has 0 aliphatic carbocycles. The van der Waals surface area contributed by atoms with Gasteiger partial charge in [-0.1, -0.05) is 20.8 Å². The lowest BCUT2D eigenvalue weighted by Crippen LogP contribution is -2.42. The Bertz CT molecular complexity index is 574. The lowest BCUT2D eigenvalue weighted by Gasteiger charge is -2.28. The molecule has 7 nitrogen and oxygen atoms in total. The largest absolute Gasteiger partial charge is 0.379 e. The van der Waals surface area contributed by atoms with Gasteiger partial charge in [0.1, 0.15) is 0 Å². The average Bonchev–Trinajstić information content (AvgIpc) is 3.18. The summed E-state index contributed by atoms with van der Waals surface area (Å²) in [5.74, 6) is 0.258. The summed E-state index contributed by atoms with van der Waals surface area (Å²) in [6, 6.07) is 0.222. The average molecular weight is 349 g/mol. The van der Waals surface area contributed by atoms with Crippen LogP contribution in [-0.4, -0.2) is 77.9 Å². The smallest absolute Gasteiger partial charge is 0.224 e. The van der Waals surface area contributed by atoms with Crippen molar-refractivity contribution in [1.82, 2.24) is 25.3 Å². The molecule has 3 rings (SSSR count). The minimum Gasteiger partial charge on any atom is -0.379 e. The number of carbonyl (C=O) groups excluding carboxylic acids is 1. The molecule has 1 atom stereocenters. The minimum absolute atomic E-state index is 0.0448. The Morgan fingerprint density at radius 3 is 2.80 bits per heavy atom. The second kappa shape index (κ2) is 7.85. The number of hydrogen-bond acceptors (Lipinski definition) is 5. The molecule has 0 spiro atoms. The molecule has 0 aromatic carbocycles. The first kappa shape index (κ1) is 18.4. The molecule has 2 aliphatic heterocycles. The molecule has 25 heavy (non-hydrogen) atoms. The van der Waals surface area contributed by atoms with Crippen LogP contribution < -0.4 is 5.32 Å². The fraction of sp³-hybridized carbons (Fsp3) is 0.778. The maximum absolute atomic E-state index is 12.3. The van der Waals surface area contributed by atoms with E-state index in [0.717, 1.165) is 58.2 Å². The van der Waals surface area contributed by atoms with Gasteiger partial charge in [-0.05, 0) is 0 Å². The standard InChI is InChI=1S/C18H31N5O2/c1-18(2,3)17-14(12-20-21-17)11-19-15-10-16(24)23(13-15)5-4-22-6-8-25-9-7-22/h12,15,19H,4-11,13H2,1-3H3,(H,20,21). The van der Waals surface area contributed by atoms with Gasteiger partial charge in [0, 0.05) is 68.4 Å². The number of aromatic nitrogens is 2. The number of likely N-dealkylation sites (tertiary alicyclic amines) is 1. The summed E-state index contributed by atoms with van der Waals surface area (Å²) in [4.78, 5) is 16.6. The van der Waals surface area contributed by atoms with Crippen molar-refractivity contribution in [2.75, 3.05) is 45.9 Å². The minimum atomic E-state index is 0.0448. The van der Waals surface area contributed by atoms with Crippen LogP contribution in [0.25, 0.3) is 0 Å². The quantitative estimate of drug-likeness (QED) is 0.792. The molecule has 2 aliphatic rings. The maximum atomic E-state index is 12.3. The van der Waals surface area contributed by atoms with E-state index in [9.17, 15) is 4.79 Å².